The third-order valence-electron chi connectivity index (χ3n) is 4.89. The van der Waals surface area contributed by atoms with E-state index in [1.54, 1.807) is 0 Å². The van der Waals surface area contributed by atoms with Crippen molar-refractivity contribution in [2.75, 3.05) is 50.1 Å². The van der Waals surface area contributed by atoms with Crippen molar-refractivity contribution in [1.82, 2.24) is 9.80 Å². The second-order valence-corrected chi connectivity index (χ2v) is 6.46. The molecule has 2 fully saturated rings. The summed E-state index contributed by atoms with van der Waals surface area (Å²) in [6.45, 7) is 4.14. The summed E-state index contributed by atoms with van der Waals surface area (Å²) < 4.78 is 0. The standard InChI is InChI=1S/C20H24N4/c1-21-13-15-23(17-9-5-3-6-10-17)19(21)20-22(2)14-16-24(20)18-11-7-4-8-12-18/h3-12H,13-16H2,1-2H3/b20-19-. The molecule has 0 amide bonds. The van der Waals surface area contributed by atoms with Crippen LogP contribution in [0.25, 0.3) is 0 Å². The zero-order chi connectivity index (χ0) is 16.5. The Morgan fingerprint density at radius 3 is 1.29 bits per heavy atom. The van der Waals surface area contributed by atoms with Crippen molar-refractivity contribution in [2.24, 2.45) is 0 Å². The normalized spacial score (nSPS) is 21.1. The Bertz CT molecular complexity index is 662. The summed E-state index contributed by atoms with van der Waals surface area (Å²) in [6.07, 6.45) is 0. The average molecular weight is 320 g/mol. The minimum atomic E-state index is 1.02. The number of hydrogen-bond donors (Lipinski definition) is 0. The highest BCUT2D eigenvalue weighted by molar-refractivity contribution is 5.59. The summed E-state index contributed by atoms with van der Waals surface area (Å²) in [5.41, 5.74) is 2.52. The molecule has 4 nitrogen and oxygen atoms in total. The molecule has 2 heterocycles. The van der Waals surface area contributed by atoms with Gasteiger partial charge < -0.3 is 19.6 Å². The number of anilines is 2. The minimum absolute atomic E-state index is 1.02. The molecule has 0 unspecified atom stereocenters. The third kappa shape index (κ3) is 2.48. The molecule has 24 heavy (non-hydrogen) atoms. The van der Waals surface area contributed by atoms with Gasteiger partial charge in [0.2, 0.25) is 0 Å². The summed E-state index contributed by atoms with van der Waals surface area (Å²) in [5.74, 6) is 2.59. The van der Waals surface area contributed by atoms with Gasteiger partial charge in [0.1, 0.15) is 0 Å². The van der Waals surface area contributed by atoms with E-state index >= 15 is 0 Å². The largest absolute Gasteiger partial charge is 0.356 e. The quantitative estimate of drug-likeness (QED) is 0.843. The number of benzene rings is 2. The molecule has 2 aliphatic rings. The molecule has 2 saturated heterocycles. The molecule has 0 N–H and O–H groups in total. The average Bonchev–Trinajstić information content (AvgIpc) is 3.19. The number of likely N-dealkylation sites (N-methyl/N-ethyl adjacent to an activating group) is 2. The molecule has 2 aromatic rings. The number of nitrogens with zero attached hydrogens (tertiary/aromatic N) is 4. The SMILES string of the molecule is CN1CCN(c2ccccc2)/C1=C1/N(C)CCN1c1ccccc1. The van der Waals surface area contributed by atoms with Gasteiger partial charge in [0.25, 0.3) is 0 Å². The molecular weight excluding hydrogens is 296 g/mol. The van der Waals surface area contributed by atoms with Gasteiger partial charge in [-0.3, -0.25) is 0 Å². The van der Waals surface area contributed by atoms with Crippen molar-refractivity contribution >= 4 is 11.4 Å². The Kier molecular flexibility index (Phi) is 3.81. The van der Waals surface area contributed by atoms with Crippen molar-refractivity contribution in [3.63, 3.8) is 0 Å². The number of para-hydroxylation sites is 2. The number of rotatable bonds is 2. The first-order chi connectivity index (χ1) is 11.8. The van der Waals surface area contributed by atoms with Crippen molar-refractivity contribution in [1.29, 1.82) is 0 Å². The molecular formula is C20H24N4. The predicted octanol–water partition coefficient (Wildman–Crippen LogP) is 3.02. The van der Waals surface area contributed by atoms with Crippen LogP contribution in [0.5, 0.6) is 0 Å². The van der Waals surface area contributed by atoms with E-state index in [1.807, 2.05) is 0 Å². The van der Waals surface area contributed by atoms with E-state index in [0.29, 0.717) is 0 Å². The zero-order valence-corrected chi connectivity index (χ0v) is 14.4. The van der Waals surface area contributed by atoms with E-state index < -0.39 is 0 Å². The van der Waals surface area contributed by atoms with Crippen LogP contribution in [0.3, 0.4) is 0 Å². The lowest BCUT2D eigenvalue weighted by Gasteiger charge is -2.31. The highest BCUT2D eigenvalue weighted by Gasteiger charge is 2.34. The number of hydrogen-bond acceptors (Lipinski definition) is 4. The molecule has 124 valence electrons. The molecule has 0 bridgehead atoms. The van der Waals surface area contributed by atoms with Crippen LogP contribution < -0.4 is 9.80 Å². The first-order valence-corrected chi connectivity index (χ1v) is 8.57. The van der Waals surface area contributed by atoms with Crippen molar-refractivity contribution in [3.8, 4) is 0 Å². The lowest BCUT2D eigenvalue weighted by molar-refractivity contribution is 0.429. The lowest BCUT2D eigenvalue weighted by atomic mass is 10.2. The van der Waals surface area contributed by atoms with E-state index in [1.165, 1.54) is 23.0 Å². The maximum absolute atomic E-state index is 2.44. The maximum Gasteiger partial charge on any atom is 0.150 e. The van der Waals surface area contributed by atoms with Crippen LogP contribution in [-0.2, 0) is 0 Å². The van der Waals surface area contributed by atoms with Crippen molar-refractivity contribution in [3.05, 3.63) is 72.3 Å². The van der Waals surface area contributed by atoms with Gasteiger partial charge in [-0.15, -0.1) is 0 Å². The van der Waals surface area contributed by atoms with Crippen LogP contribution in [-0.4, -0.2) is 50.1 Å². The third-order valence-corrected chi connectivity index (χ3v) is 4.89. The molecule has 0 aliphatic carbocycles. The van der Waals surface area contributed by atoms with E-state index in [-0.39, 0.29) is 0 Å². The molecule has 2 aliphatic heterocycles. The van der Waals surface area contributed by atoms with Gasteiger partial charge >= 0.3 is 0 Å². The molecule has 0 radical (unpaired) electrons. The first kappa shape index (κ1) is 14.9. The van der Waals surface area contributed by atoms with Crippen LogP contribution >= 0.6 is 0 Å². The summed E-state index contributed by atoms with van der Waals surface area (Å²) in [4.78, 5) is 9.63. The Morgan fingerprint density at radius 2 is 0.917 bits per heavy atom. The van der Waals surface area contributed by atoms with Crippen LogP contribution in [0.2, 0.25) is 0 Å². The summed E-state index contributed by atoms with van der Waals surface area (Å²) in [5, 5.41) is 0. The van der Waals surface area contributed by atoms with Crippen LogP contribution in [0.15, 0.2) is 72.3 Å². The highest BCUT2D eigenvalue weighted by atomic mass is 15.5. The molecule has 2 aromatic carbocycles. The van der Waals surface area contributed by atoms with Gasteiger partial charge in [-0.1, -0.05) is 36.4 Å². The first-order valence-electron chi connectivity index (χ1n) is 8.57. The van der Waals surface area contributed by atoms with Gasteiger partial charge in [-0.25, -0.2) is 0 Å². The fraction of sp³-hybridized carbons (Fsp3) is 0.300. The maximum atomic E-state index is 2.44. The van der Waals surface area contributed by atoms with Crippen LogP contribution in [0, 0.1) is 0 Å². The topological polar surface area (TPSA) is 13.0 Å². The smallest absolute Gasteiger partial charge is 0.150 e. The van der Waals surface area contributed by atoms with E-state index in [4.69, 9.17) is 0 Å². The van der Waals surface area contributed by atoms with E-state index in [0.717, 1.165) is 26.2 Å². The van der Waals surface area contributed by atoms with Gasteiger partial charge in [0.05, 0.1) is 0 Å². The van der Waals surface area contributed by atoms with E-state index in [9.17, 15) is 0 Å². The van der Waals surface area contributed by atoms with E-state index in [2.05, 4.69) is 94.4 Å². The Labute approximate surface area is 144 Å². The summed E-state index contributed by atoms with van der Waals surface area (Å²) in [6, 6.07) is 21.4. The van der Waals surface area contributed by atoms with Gasteiger partial charge in [-0.05, 0) is 24.3 Å². The second kappa shape index (κ2) is 6.11. The molecule has 4 rings (SSSR count). The van der Waals surface area contributed by atoms with Gasteiger partial charge in [0, 0.05) is 51.6 Å². The van der Waals surface area contributed by atoms with Gasteiger partial charge in [0.15, 0.2) is 11.6 Å². The Balaban J connectivity index is 1.81. The second-order valence-electron chi connectivity index (χ2n) is 6.46. The monoisotopic (exact) mass is 320 g/mol. The summed E-state index contributed by atoms with van der Waals surface area (Å²) >= 11 is 0. The zero-order valence-electron chi connectivity index (χ0n) is 14.4. The Morgan fingerprint density at radius 1 is 0.542 bits per heavy atom. The Hall–Kier alpha value is -2.62. The molecule has 0 aromatic heterocycles. The van der Waals surface area contributed by atoms with Crippen LogP contribution in [0.4, 0.5) is 11.4 Å². The fourth-order valence-corrected chi connectivity index (χ4v) is 3.64. The molecule has 0 spiro atoms. The molecule has 0 atom stereocenters. The molecule has 4 heteroatoms. The van der Waals surface area contributed by atoms with Gasteiger partial charge in [-0.2, -0.15) is 0 Å². The fourth-order valence-electron chi connectivity index (χ4n) is 3.64. The van der Waals surface area contributed by atoms with Crippen molar-refractivity contribution < 1.29 is 0 Å². The highest BCUT2D eigenvalue weighted by Crippen LogP contribution is 2.34. The summed E-state index contributed by atoms with van der Waals surface area (Å²) in [7, 11) is 4.39. The molecule has 0 saturated carbocycles. The van der Waals surface area contributed by atoms with Crippen molar-refractivity contribution in [2.45, 2.75) is 0 Å². The lowest BCUT2D eigenvalue weighted by Crippen LogP contribution is -2.31. The minimum Gasteiger partial charge on any atom is -0.356 e. The van der Waals surface area contributed by atoms with Crippen LogP contribution in [0.1, 0.15) is 0 Å². The predicted molar refractivity (Wildman–Crippen MR) is 99.9 cm³/mol.